The monoisotopic (exact) mass is 489 g/mol. The number of ether oxygens (including phenoxy) is 1. The fourth-order valence-electron chi connectivity index (χ4n) is 6.11. The summed E-state index contributed by atoms with van der Waals surface area (Å²) in [6.45, 7) is 16.0. The van der Waals surface area contributed by atoms with Gasteiger partial charge in [0.2, 0.25) is 0 Å². The van der Waals surface area contributed by atoms with Gasteiger partial charge in [-0.1, -0.05) is 84.0 Å². The van der Waals surface area contributed by atoms with Crippen LogP contribution in [0.1, 0.15) is 58.2 Å². The van der Waals surface area contributed by atoms with Gasteiger partial charge in [-0.05, 0) is 68.9 Å². The second-order valence-corrected chi connectivity index (χ2v) is 13.3. The van der Waals surface area contributed by atoms with Gasteiger partial charge in [0.1, 0.15) is 11.1 Å². The van der Waals surface area contributed by atoms with E-state index in [4.69, 9.17) is 9.72 Å². The van der Waals surface area contributed by atoms with Gasteiger partial charge in [-0.3, -0.25) is 0 Å². The molecule has 0 fully saturated rings. The lowest BCUT2D eigenvalue weighted by Crippen LogP contribution is -2.33. The van der Waals surface area contributed by atoms with Crippen LogP contribution in [0, 0.1) is 17.8 Å². The maximum absolute atomic E-state index is 7.07. The molecule has 1 aromatic heterocycles. The first-order chi connectivity index (χ1) is 17.4. The smallest absolute Gasteiger partial charge is 0.287 e. The van der Waals surface area contributed by atoms with Crippen LogP contribution in [0.4, 0.5) is 0 Å². The van der Waals surface area contributed by atoms with E-state index in [9.17, 15) is 0 Å². The van der Waals surface area contributed by atoms with Crippen LogP contribution in [0.3, 0.4) is 0 Å². The molecule has 0 saturated heterocycles. The van der Waals surface area contributed by atoms with Gasteiger partial charge in [0, 0.05) is 10.9 Å². The molecule has 188 valence electrons. The van der Waals surface area contributed by atoms with E-state index >= 15 is 0 Å². The minimum absolute atomic E-state index is 0.117. The third kappa shape index (κ3) is 3.96. The quantitative estimate of drug-likeness (QED) is 0.180. The summed E-state index contributed by atoms with van der Waals surface area (Å²) in [5, 5.41) is 6.03. The van der Waals surface area contributed by atoms with Gasteiger partial charge in [-0.2, -0.15) is 0 Å². The van der Waals surface area contributed by atoms with Gasteiger partial charge < -0.3 is 4.74 Å². The van der Waals surface area contributed by atoms with Gasteiger partial charge in [-0.25, -0.2) is 4.57 Å². The van der Waals surface area contributed by atoms with Gasteiger partial charge in [-0.15, -0.1) is 0 Å². The van der Waals surface area contributed by atoms with Crippen molar-refractivity contribution in [2.75, 3.05) is 0 Å². The number of hydrogen-bond acceptors (Lipinski definition) is 2. The lowest BCUT2D eigenvalue weighted by Gasteiger charge is -2.29. The minimum Gasteiger partial charge on any atom is -0.455 e. The summed E-state index contributed by atoms with van der Waals surface area (Å²) in [6.07, 6.45) is 3.92. The second-order valence-electron chi connectivity index (χ2n) is 13.3. The second kappa shape index (κ2) is 8.02. The van der Waals surface area contributed by atoms with Crippen LogP contribution in [0.15, 0.2) is 54.9 Å². The number of aromatic nitrogens is 2. The first kappa shape index (κ1) is 23.9. The Kier molecular flexibility index (Phi) is 5.18. The van der Waals surface area contributed by atoms with Gasteiger partial charge in [0.25, 0.3) is 6.33 Å². The molecule has 0 saturated carbocycles. The number of nitrogens with zero attached hydrogens (tertiary/aromatic N) is 2. The van der Waals surface area contributed by atoms with Crippen LogP contribution in [0.5, 0.6) is 11.5 Å². The summed E-state index contributed by atoms with van der Waals surface area (Å²) in [6, 6.07) is 17.9. The van der Waals surface area contributed by atoms with Crippen molar-refractivity contribution >= 4 is 32.4 Å². The third-order valence-corrected chi connectivity index (χ3v) is 7.51. The van der Waals surface area contributed by atoms with Gasteiger partial charge in [0.05, 0.1) is 12.6 Å². The Morgan fingerprint density at radius 3 is 2.22 bits per heavy atom. The first-order valence-electron chi connectivity index (χ1n) is 13.4. The predicted molar refractivity (Wildman–Crippen MR) is 154 cm³/mol. The van der Waals surface area contributed by atoms with E-state index in [1.807, 2.05) is 6.33 Å². The molecule has 0 atom stereocenters. The molecule has 6 rings (SSSR count). The average Bonchev–Trinajstić information content (AvgIpc) is 2.81. The van der Waals surface area contributed by atoms with Gasteiger partial charge >= 0.3 is 0 Å². The third-order valence-electron chi connectivity index (χ3n) is 7.51. The molecule has 0 radical (unpaired) electrons. The van der Waals surface area contributed by atoms with Crippen molar-refractivity contribution in [3.8, 4) is 22.8 Å². The van der Waals surface area contributed by atoms with Crippen molar-refractivity contribution in [2.45, 2.75) is 61.3 Å². The first-order valence-corrected chi connectivity index (χ1v) is 13.4. The van der Waals surface area contributed by atoms with E-state index in [0.717, 1.165) is 40.6 Å². The van der Waals surface area contributed by atoms with E-state index in [2.05, 4.69) is 109 Å². The number of fused-ring (bicyclic) bond motifs is 5. The summed E-state index contributed by atoms with van der Waals surface area (Å²) in [5.41, 5.74) is 7.63. The Labute approximate surface area is 220 Å². The van der Waals surface area contributed by atoms with Crippen molar-refractivity contribution in [3.05, 3.63) is 71.5 Å². The lowest BCUT2D eigenvalue weighted by atomic mass is 9.81. The topological polar surface area (TPSA) is 26.0 Å². The van der Waals surface area contributed by atoms with Crippen LogP contribution in [0.2, 0.25) is 0 Å². The number of benzene rings is 4. The number of rotatable bonds is 2. The fraction of sp³-hybridized carbons (Fsp3) is 0.353. The molecule has 4 aromatic carbocycles. The molecule has 1 aliphatic heterocycles. The molecule has 0 N–H and O–H groups in total. The zero-order chi connectivity index (χ0) is 26.3. The Bertz CT molecular complexity index is 1730. The molecule has 0 spiro atoms. The lowest BCUT2D eigenvalue weighted by molar-refractivity contribution is -0.662. The highest BCUT2D eigenvalue weighted by Crippen LogP contribution is 2.53. The van der Waals surface area contributed by atoms with E-state index in [0.29, 0.717) is 0 Å². The molecule has 0 aliphatic carbocycles. The van der Waals surface area contributed by atoms with E-state index in [-0.39, 0.29) is 10.8 Å². The Hall–Kier alpha value is -3.46. The highest BCUT2D eigenvalue weighted by atomic mass is 16.5. The molecule has 0 unspecified atom stereocenters. The fourth-order valence-corrected chi connectivity index (χ4v) is 6.11. The summed E-state index contributed by atoms with van der Waals surface area (Å²) >= 11 is 0. The van der Waals surface area contributed by atoms with Crippen molar-refractivity contribution < 1.29 is 9.30 Å². The Morgan fingerprint density at radius 1 is 0.811 bits per heavy atom. The SMILES string of the molecule is Cc1c2c(c(CC(C)(C)C)c3ccccc13)Oc1c3ccc(CC(C)(C)C)cc3cc3nc[n+](C)c-2c13. The molecule has 5 aromatic rings. The van der Waals surface area contributed by atoms with Crippen LogP contribution < -0.4 is 9.30 Å². The molecule has 0 bridgehead atoms. The maximum Gasteiger partial charge on any atom is 0.287 e. The standard InChI is InChI=1S/C34H37N2O/c1-20-23-11-9-10-12-25(23)26(18-34(5,6)7)32-28(20)30-29-27(35-19-36(30)8)16-22-15-21(17-33(2,3)4)13-14-24(22)31(29)37-32/h9-16,19H,17-18H2,1-8H3/q+1. The van der Waals surface area contributed by atoms with Crippen molar-refractivity contribution in [3.63, 3.8) is 0 Å². The van der Waals surface area contributed by atoms with Crippen LogP contribution in [-0.2, 0) is 19.9 Å². The average molecular weight is 490 g/mol. The zero-order valence-corrected chi connectivity index (χ0v) is 23.4. The zero-order valence-electron chi connectivity index (χ0n) is 23.4. The van der Waals surface area contributed by atoms with E-state index < -0.39 is 0 Å². The molecular weight excluding hydrogens is 452 g/mol. The number of aryl methyl sites for hydroxylation is 2. The molecule has 2 heterocycles. The highest BCUT2D eigenvalue weighted by molar-refractivity contribution is 6.12. The van der Waals surface area contributed by atoms with Crippen molar-refractivity contribution in [1.82, 2.24) is 4.98 Å². The summed E-state index contributed by atoms with van der Waals surface area (Å²) in [4.78, 5) is 4.87. The molecule has 3 nitrogen and oxygen atoms in total. The largest absolute Gasteiger partial charge is 0.455 e. The highest BCUT2D eigenvalue weighted by Gasteiger charge is 2.34. The Balaban J connectivity index is 1.72. The Morgan fingerprint density at radius 2 is 1.51 bits per heavy atom. The van der Waals surface area contributed by atoms with Gasteiger partial charge in [0.15, 0.2) is 17.0 Å². The van der Waals surface area contributed by atoms with Crippen LogP contribution >= 0.6 is 0 Å². The van der Waals surface area contributed by atoms with Crippen LogP contribution in [-0.4, -0.2) is 4.98 Å². The number of hydrogen-bond donors (Lipinski definition) is 0. The minimum atomic E-state index is 0.117. The maximum atomic E-state index is 7.07. The van der Waals surface area contributed by atoms with Crippen molar-refractivity contribution in [2.24, 2.45) is 17.9 Å². The van der Waals surface area contributed by atoms with E-state index in [1.54, 1.807) is 0 Å². The molecular formula is C34H37N2O+. The van der Waals surface area contributed by atoms with Crippen LogP contribution in [0.25, 0.3) is 43.7 Å². The van der Waals surface area contributed by atoms with E-state index in [1.165, 1.54) is 44.1 Å². The summed E-state index contributed by atoms with van der Waals surface area (Å²) in [7, 11) is 2.11. The molecule has 3 heteroatoms. The normalized spacial score (nSPS) is 13.3. The summed E-state index contributed by atoms with van der Waals surface area (Å²) in [5.74, 6) is 1.94. The molecule has 37 heavy (non-hydrogen) atoms. The predicted octanol–water partition coefficient (Wildman–Crippen LogP) is 8.62. The molecule has 0 amide bonds. The van der Waals surface area contributed by atoms with Crippen molar-refractivity contribution in [1.29, 1.82) is 0 Å². The molecule has 1 aliphatic rings. The summed E-state index contributed by atoms with van der Waals surface area (Å²) < 4.78 is 9.25.